The number of hydrogen-bond donors (Lipinski definition) is 2. The molecular formula is C16H22N2O2. The van der Waals surface area contributed by atoms with Crippen LogP contribution < -0.4 is 10.6 Å². The maximum absolute atomic E-state index is 11.8. The Kier molecular flexibility index (Phi) is 4.42. The lowest BCUT2D eigenvalue weighted by Gasteiger charge is -2.09. The van der Waals surface area contributed by atoms with Crippen molar-refractivity contribution in [3.8, 4) is 0 Å². The van der Waals surface area contributed by atoms with E-state index in [4.69, 9.17) is 0 Å². The molecule has 4 nitrogen and oxygen atoms in total. The molecule has 4 heteroatoms. The third-order valence-corrected chi connectivity index (χ3v) is 3.75. The van der Waals surface area contributed by atoms with Gasteiger partial charge >= 0.3 is 0 Å². The topological polar surface area (TPSA) is 58.2 Å². The third-order valence-electron chi connectivity index (χ3n) is 3.75. The zero-order chi connectivity index (χ0) is 14.7. The first-order valence-electron chi connectivity index (χ1n) is 7.12. The number of aryl methyl sites for hydroxylation is 2. The molecule has 2 amide bonds. The molecule has 1 aliphatic carbocycles. The van der Waals surface area contributed by atoms with Gasteiger partial charge in [0.1, 0.15) is 0 Å². The SMILES string of the molecule is Cc1ccc(NC(=O)CCNC(=O)C2CC2C)c(C)c1. The molecule has 0 bridgehead atoms. The van der Waals surface area contributed by atoms with Gasteiger partial charge in [0.2, 0.25) is 11.8 Å². The van der Waals surface area contributed by atoms with Crippen LogP contribution >= 0.6 is 0 Å². The Labute approximate surface area is 119 Å². The van der Waals surface area contributed by atoms with Crippen molar-refractivity contribution in [2.24, 2.45) is 11.8 Å². The van der Waals surface area contributed by atoms with Crippen molar-refractivity contribution in [3.05, 3.63) is 29.3 Å². The molecule has 0 saturated heterocycles. The van der Waals surface area contributed by atoms with Crippen molar-refractivity contribution >= 4 is 17.5 Å². The smallest absolute Gasteiger partial charge is 0.226 e. The lowest BCUT2D eigenvalue weighted by molar-refractivity contribution is -0.122. The number of rotatable bonds is 5. The number of carbonyl (C=O) groups is 2. The van der Waals surface area contributed by atoms with Crippen molar-refractivity contribution in [1.82, 2.24) is 5.32 Å². The van der Waals surface area contributed by atoms with Gasteiger partial charge in [-0.15, -0.1) is 0 Å². The Balaban J connectivity index is 1.73. The minimum absolute atomic E-state index is 0.0684. The average Bonchev–Trinajstić information content (AvgIpc) is 3.10. The second kappa shape index (κ2) is 6.07. The van der Waals surface area contributed by atoms with Crippen molar-refractivity contribution < 1.29 is 9.59 Å². The summed E-state index contributed by atoms with van der Waals surface area (Å²) in [5.41, 5.74) is 3.06. The van der Waals surface area contributed by atoms with Crippen LogP contribution in [0.3, 0.4) is 0 Å². The van der Waals surface area contributed by atoms with Crippen LogP contribution in [0.2, 0.25) is 0 Å². The maximum Gasteiger partial charge on any atom is 0.226 e. The first-order valence-corrected chi connectivity index (χ1v) is 7.12. The molecule has 20 heavy (non-hydrogen) atoms. The fraction of sp³-hybridized carbons (Fsp3) is 0.500. The minimum atomic E-state index is -0.0684. The molecule has 2 rings (SSSR count). The van der Waals surface area contributed by atoms with Gasteiger partial charge in [-0.3, -0.25) is 9.59 Å². The Hall–Kier alpha value is -1.84. The molecule has 1 aromatic carbocycles. The predicted molar refractivity (Wildman–Crippen MR) is 79.4 cm³/mol. The van der Waals surface area contributed by atoms with Gasteiger partial charge < -0.3 is 10.6 Å². The van der Waals surface area contributed by atoms with E-state index in [1.807, 2.05) is 32.0 Å². The Morgan fingerprint density at radius 2 is 2.00 bits per heavy atom. The highest BCUT2D eigenvalue weighted by Gasteiger charge is 2.38. The fourth-order valence-electron chi connectivity index (χ4n) is 2.28. The molecule has 0 heterocycles. The number of nitrogens with one attached hydrogen (secondary N) is 2. The van der Waals surface area contributed by atoms with Crippen LogP contribution in [0.15, 0.2) is 18.2 Å². The van der Waals surface area contributed by atoms with Crippen LogP contribution in [-0.4, -0.2) is 18.4 Å². The predicted octanol–water partition coefficient (Wildman–Crippen LogP) is 2.40. The number of benzene rings is 1. The largest absolute Gasteiger partial charge is 0.355 e. The highest BCUT2D eigenvalue weighted by Crippen LogP contribution is 2.37. The monoisotopic (exact) mass is 274 g/mol. The summed E-state index contributed by atoms with van der Waals surface area (Å²) in [5.74, 6) is 0.675. The molecule has 0 aromatic heterocycles. The van der Waals surface area contributed by atoms with E-state index >= 15 is 0 Å². The molecular weight excluding hydrogens is 252 g/mol. The van der Waals surface area contributed by atoms with Crippen LogP contribution in [-0.2, 0) is 9.59 Å². The van der Waals surface area contributed by atoms with Gasteiger partial charge in [-0.1, -0.05) is 24.6 Å². The van der Waals surface area contributed by atoms with Crippen LogP contribution in [0.5, 0.6) is 0 Å². The van der Waals surface area contributed by atoms with Crippen LogP contribution in [0, 0.1) is 25.7 Å². The van der Waals surface area contributed by atoms with Crippen LogP contribution in [0.1, 0.15) is 30.9 Å². The van der Waals surface area contributed by atoms with Gasteiger partial charge in [0.15, 0.2) is 0 Å². The Morgan fingerprint density at radius 3 is 2.60 bits per heavy atom. The highest BCUT2D eigenvalue weighted by molar-refractivity contribution is 5.92. The number of amides is 2. The summed E-state index contributed by atoms with van der Waals surface area (Å²) < 4.78 is 0. The van der Waals surface area contributed by atoms with E-state index in [9.17, 15) is 9.59 Å². The molecule has 1 fully saturated rings. The molecule has 1 aromatic rings. The molecule has 2 atom stereocenters. The summed E-state index contributed by atoms with van der Waals surface area (Å²) in [6, 6.07) is 5.91. The summed E-state index contributed by atoms with van der Waals surface area (Å²) in [7, 11) is 0. The van der Waals surface area contributed by atoms with E-state index in [0.717, 1.165) is 17.7 Å². The minimum Gasteiger partial charge on any atom is -0.355 e. The van der Waals surface area contributed by atoms with E-state index in [0.29, 0.717) is 18.9 Å². The summed E-state index contributed by atoms with van der Waals surface area (Å²) in [6.07, 6.45) is 1.28. The molecule has 0 spiro atoms. The Bertz CT molecular complexity index is 525. The molecule has 1 aliphatic rings. The van der Waals surface area contributed by atoms with Gasteiger partial charge in [0.05, 0.1) is 0 Å². The fourth-order valence-corrected chi connectivity index (χ4v) is 2.28. The van der Waals surface area contributed by atoms with E-state index in [1.54, 1.807) is 0 Å². The Morgan fingerprint density at radius 1 is 1.30 bits per heavy atom. The first kappa shape index (κ1) is 14.6. The van der Waals surface area contributed by atoms with E-state index < -0.39 is 0 Å². The van der Waals surface area contributed by atoms with E-state index in [2.05, 4.69) is 17.6 Å². The van der Waals surface area contributed by atoms with Gasteiger partial charge in [0.25, 0.3) is 0 Å². The molecule has 0 radical (unpaired) electrons. The lowest BCUT2D eigenvalue weighted by atomic mass is 10.1. The number of carbonyl (C=O) groups excluding carboxylic acids is 2. The molecule has 1 saturated carbocycles. The van der Waals surface area contributed by atoms with Gasteiger partial charge in [-0.2, -0.15) is 0 Å². The zero-order valence-electron chi connectivity index (χ0n) is 12.3. The lowest BCUT2D eigenvalue weighted by Crippen LogP contribution is -2.29. The summed E-state index contributed by atoms with van der Waals surface area (Å²) >= 11 is 0. The van der Waals surface area contributed by atoms with E-state index in [-0.39, 0.29) is 17.7 Å². The van der Waals surface area contributed by atoms with Crippen molar-refractivity contribution in [1.29, 1.82) is 0 Å². The zero-order valence-corrected chi connectivity index (χ0v) is 12.3. The first-order chi connectivity index (χ1) is 9.47. The van der Waals surface area contributed by atoms with Crippen LogP contribution in [0.25, 0.3) is 0 Å². The van der Waals surface area contributed by atoms with Crippen molar-refractivity contribution in [3.63, 3.8) is 0 Å². The van der Waals surface area contributed by atoms with Crippen molar-refractivity contribution in [2.45, 2.75) is 33.6 Å². The quantitative estimate of drug-likeness (QED) is 0.866. The summed E-state index contributed by atoms with van der Waals surface area (Å²) in [6.45, 7) is 6.46. The van der Waals surface area contributed by atoms with Gasteiger partial charge in [0, 0.05) is 24.6 Å². The van der Waals surface area contributed by atoms with Crippen LogP contribution in [0.4, 0.5) is 5.69 Å². The molecule has 0 aliphatic heterocycles. The third kappa shape index (κ3) is 3.83. The number of hydrogen-bond acceptors (Lipinski definition) is 2. The maximum atomic E-state index is 11.8. The standard InChI is InChI=1S/C16H22N2O2/c1-10-4-5-14(12(3)8-10)18-15(19)6-7-17-16(20)13-9-11(13)2/h4-5,8,11,13H,6-7,9H2,1-3H3,(H,17,20)(H,18,19). The molecule has 2 unspecified atom stereocenters. The normalized spacial score (nSPS) is 20.4. The number of anilines is 1. The summed E-state index contributed by atoms with van der Waals surface area (Å²) in [4.78, 5) is 23.4. The molecule has 108 valence electrons. The van der Waals surface area contributed by atoms with Crippen molar-refractivity contribution in [2.75, 3.05) is 11.9 Å². The highest BCUT2D eigenvalue weighted by atomic mass is 16.2. The van der Waals surface area contributed by atoms with Gasteiger partial charge in [-0.25, -0.2) is 0 Å². The van der Waals surface area contributed by atoms with Gasteiger partial charge in [-0.05, 0) is 37.8 Å². The summed E-state index contributed by atoms with van der Waals surface area (Å²) in [5, 5.41) is 5.69. The second-order valence-corrected chi connectivity index (χ2v) is 5.73. The van der Waals surface area contributed by atoms with E-state index in [1.165, 1.54) is 5.56 Å². The second-order valence-electron chi connectivity index (χ2n) is 5.73. The molecule has 2 N–H and O–H groups in total. The average molecular weight is 274 g/mol.